The molecule has 0 aromatic rings. The summed E-state index contributed by atoms with van der Waals surface area (Å²) in [5.74, 6) is 0.870. The zero-order valence-electron chi connectivity index (χ0n) is 8.27. The summed E-state index contributed by atoms with van der Waals surface area (Å²) in [6.07, 6.45) is 11.2. The minimum absolute atomic E-state index is 0.870. The normalized spacial score (nSPS) is 11.6. The first-order valence-corrected chi connectivity index (χ1v) is 4.92. The second-order valence-corrected chi connectivity index (χ2v) is 3.58. The summed E-state index contributed by atoms with van der Waals surface area (Å²) in [5.41, 5.74) is 0. The van der Waals surface area contributed by atoms with Gasteiger partial charge in [-0.15, -0.1) is 0 Å². The number of rotatable bonds is 6. The van der Waals surface area contributed by atoms with Crippen LogP contribution in [0.5, 0.6) is 0 Å². The molecule has 11 heavy (non-hydrogen) atoms. The molecule has 0 radical (unpaired) electrons. The van der Waals surface area contributed by atoms with E-state index in [-0.39, 0.29) is 0 Å². The Morgan fingerprint density at radius 2 is 1.73 bits per heavy atom. The van der Waals surface area contributed by atoms with Gasteiger partial charge in [0.2, 0.25) is 0 Å². The molecule has 66 valence electrons. The van der Waals surface area contributed by atoms with Crippen molar-refractivity contribution < 1.29 is 0 Å². The molecule has 0 aromatic heterocycles. The molecule has 0 unspecified atom stereocenters. The molecule has 0 fully saturated rings. The Balaban J connectivity index is 3.01. The van der Waals surface area contributed by atoms with Crippen LogP contribution in [0.3, 0.4) is 0 Å². The molecule has 0 aromatic carbocycles. The van der Waals surface area contributed by atoms with Gasteiger partial charge in [-0.1, -0.05) is 45.8 Å². The summed E-state index contributed by atoms with van der Waals surface area (Å²) in [5, 5.41) is 0. The van der Waals surface area contributed by atoms with Crippen LogP contribution in [-0.4, -0.2) is 0 Å². The molecule has 0 nitrogen and oxygen atoms in total. The minimum Gasteiger partial charge on any atom is -0.0885 e. The van der Waals surface area contributed by atoms with Crippen LogP contribution in [0.25, 0.3) is 0 Å². The van der Waals surface area contributed by atoms with Crippen molar-refractivity contribution in [1.82, 2.24) is 0 Å². The summed E-state index contributed by atoms with van der Waals surface area (Å²) in [6, 6.07) is 0. The van der Waals surface area contributed by atoms with Crippen molar-refractivity contribution in [3.05, 3.63) is 12.2 Å². The van der Waals surface area contributed by atoms with E-state index in [0.29, 0.717) is 0 Å². The third-order valence-corrected chi connectivity index (χ3v) is 1.77. The van der Waals surface area contributed by atoms with Crippen LogP contribution in [0.15, 0.2) is 12.2 Å². The standard InChI is InChI=1S/C11H22/c1-4-5-6-7-8-9-10-11(2)3/h6-7,11H,4-5,8-10H2,1-3H3/b7-6+. The van der Waals surface area contributed by atoms with Crippen LogP contribution in [0, 0.1) is 5.92 Å². The average Bonchev–Trinajstić information content (AvgIpc) is 1.96. The SMILES string of the molecule is CCC/C=C/CCCC(C)C. The van der Waals surface area contributed by atoms with E-state index in [2.05, 4.69) is 32.9 Å². The Kier molecular flexibility index (Phi) is 7.66. The maximum Gasteiger partial charge on any atom is -0.0351 e. The van der Waals surface area contributed by atoms with E-state index < -0.39 is 0 Å². The van der Waals surface area contributed by atoms with Crippen molar-refractivity contribution in [1.29, 1.82) is 0 Å². The smallest absolute Gasteiger partial charge is 0.0351 e. The molecule has 0 heterocycles. The van der Waals surface area contributed by atoms with Crippen molar-refractivity contribution in [3.63, 3.8) is 0 Å². The molecule has 0 aliphatic rings. The molecule has 0 N–H and O–H groups in total. The highest BCUT2D eigenvalue weighted by molar-refractivity contribution is 4.80. The maximum absolute atomic E-state index is 2.33. The van der Waals surface area contributed by atoms with Gasteiger partial charge in [0.25, 0.3) is 0 Å². The lowest BCUT2D eigenvalue weighted by Gasteiger charge is -2.00. The van der Waals surface area contributed by atoms with Crippen molar-refractivity contribution in [2.75, 3.05) is 0 Å². The molecular formula is C11H22. The third-order valence-electron chi connectivity index (χ3n) is 1.77. The van der Waals surface area contributed by atoms with Crippen molar-refractivity contribution >= 4 is 0 Å². The molecule has 0 heteroatoms. The van der Waals surface area contributed by atoms with E-state index >= 15 is 0 Å². The quantitative estimate of drug-likeness (QED) is 0.398. The van der Waals surface area contributed by atoms with Gasteiger partial charge in [-0.25, -0.2) is 0 Å². The van der Waals surface area contributed by atoms with Gasteiger partial charge < -0.3 is 0 Å². The lowest BCUT2D eigenvalue weighted by Crippen LogP contribution is -1.84. The zero-order valence-corrected chi connectivity index (χ0v) is 8.27. The van der Waals surface area contributed by atoms with Crippen molar-refractivity contribution in [3.8, 4) is 0 Å². The van der Waals surface area contributed by atoms with Crippen LogP contribution >= 0.6 is 0 Å². The second kappa shape index (κ2) is 7.84. The van der Waals surface area contributed by atoms with Gasteiger partial charge in [-0.05, 0) is 25.2 Å². The van der Waals surface area contributed by atoms with Crippen LogP contribution in [0.1, 0.15) is 52.9 Å². The summed E-state index contributed by atoms with van der Waals surface area (Å²) >= 11 is 0. The van der Waals surface area contributed by atoms with Gasteiger partial charge in [-0.2, -0.15) is 0 Å². The summed E-state index contributed by atoms with van der Waals surface area (Å²) in [7, 11) is 0. The summed E-state index contributed by atoms with van der Waals surface area (Å²) in [6.45, 7) is 6.80. The molecule has 0 aliphatic carbocycles. The van der Waals surface area contributed by atoms with Crippen molar-refractivity contribution in [2.24, 2.45) is 5.92 Å². The Hall–Kier alpha value is -0.260. The van der Waals surface area contributed by atoms with Crippen LogP contribution < -0.4 is 0 Å². The predicted molar refractivity (Wildman–Crippen MR) is 52.7 cm³/mol. The lowest BCUT2D eigenvalue weighted by atomic mass is 10.1. The summed E-state index contributed by atoms with van der Waals surface area (Å²) < 4.78 is 0. The molecule has 0 saturated carbocycles. The first kappa shape index (κ1) is 10.7. The maximum atomic E-state index is 2.33. The summed E-state index contributed by atoms with van der Waals surface area (Å²) in [4.78, 5) is 0. The molecule has 0 amide bonds. The average molecular weight is 154 g/mol. The molecule has 0 spiro atoms. The van der Waals surface area contributed by atoms with Crippen LogP contribution in [-0.2, 0) is 0 Å². The molecule has 0 rings (SSSR count). The zero-order chi connectivity index (χ0) is 8.53. The highest BCUT2D eigenvalue weighted by atomic mass is 14.0. The fraction of sp³-hybridized carbons (Fsp3) is 0.818. The highest BCUT2D eigenvalue weighted by Gasteiger charge is 1.90. The third kappa shape index (κ3) is 9.74. The van der Waals surface area contributed by atoms with E-state index in [0.717, 1.165) is 5.92 Å². The predicted octanol–water partition coefficient (Wildman–Crippen LogP) is 4.17. The number of allylic oxidation sites excluding steroid dienone is 2. The number of hydrogen-bond acceptors (Lipinski definition) is 0. The Morgan fingerprint density at radius 3 is 2.27 bits per heavy atom. The fourth-order valence-electron chi connectivity index (χ4n) is 1.05. The minimum atomic E-state index is 0.870. The van der Waals surface area contributed by atoms with Gasteiger partial charge in [0.05, 0.1) is 0 Å². The molecule has 0 bridgehead atoms. The van der Waals surface area contributed by atoms with Gasteiger partial charge in [0.1, 0.15) is 0 Å². The van der Waals surface area contributed by atoms with Gasteiger partial charge >= 0.3 is 0 Å². The van der Waals surface area contributed by atoms with E-state index in [4.69, 9.17) is 0 Å². The Morgan fingerprint density at radius 1 is 1.09 bits per heavy atom. The second-order valence-electron chi connectivity index (χ2n) is 3.58. The highest BCUT2D eigenvalue weighted by Crippen LogP contribution is 2.06. The topological polar surface area (TPSA) is 0 Å². The largest absolute Gasteiger partial charge is 0.0885 e. The Labute approximate surface area is 71.7 Å². The fourth-order valence-corrected chi connectivity index (χ4v) is 1.05. The molecule has 0 atom stereocenters. The molecule has 0 aliphatic heterocycles. The molecular weight excluding hydrogens is 132 g/mol. The monoisotopic (exact) mass is 154 g/mol. The molecule has 0 saturated heterocycles. The van der Waals surface area contributed by atoms with Crippen molar-refractivity contribution in [2.45, 2.75) is 52.9 Å². The van der Waals surface area contributed by atoms with E-state index in [9.17, 15) is 0 Å². The van der Waals surface area contributed by atoms with Gasteiger partial charge in [0.15, 0.2) is 0 Å². The van der Waals surface area contributed by atoms with E-state index in [1.165, 1.54) is 32.1 Å². The van der Waals surface area contributed by atoms with E-state index in [1.54, 1.807) is 0 Å². The Bertz CT molecular complexity index is 90.2. The number of unbranched alkanes of at least 4 members (excludes halogenated alkanes) is 2. The lowest BCUT2D eigenvalue weighted by molar-refractivity contribution is 0.559. The van der Waals surface area contributed by atoms with Crippen LogP contribution in [0.4, 0.5) is 0 Å². The number of hydrogen-bond donors (Lipinski definition) is 0. The van der Waals surface area contributed by atoms with Gasteiger partial charge in [0, 0.05) is 0 Å². The first-order valence-electron chi connectivity index (χ1n) is 4.92. The van der Waals surface area contributed by atoms with E-state index in [1.807, 2.05) is 0 Å². The van der Waals surface area contributed by atoms with Crippen LogP contribution in [0.2, 0.25) is 0 Å². The van der Waals surface area contributed by atoms with Gasteiger partial charge in [-0.3, -0.25) is 0 Å². The first-order chi connectivity index (χ1) is 5.27.